The Balaban J connectivity index is 1.73. The van der Waals surface area contributed by atoms with Crippen LogP contribution in [0.3, 0.4) is 0 Å². The molecular formula is C26H30ClN3OS. The predicted octanol–water partition coefficient (Wildman–Crippen LogP) is 6.00. The molecule has 2 heterocycles. The molecule has 32 heavy (non-hydrogen) atoms. The van der Waals surface area contributed by atoms with Crippen LogP contribution in [0.1, 0.15) is 44.9 Å². The van der Waals surface area contributed by atoms with Gasteiger partial charge < -0.3 is 10.2 Å². The molecule has 1 unspecified atom stereocenters. The van der Waals surface area contributed by atoms with Crippen molar-refractivity contribution < 1.29 is 4.79 Å². The maximum absolute atomic E-state index is 13.0. The van der Waals surface area contributed by atoms with Crippen molar-refractivity contribution in [3.05, 3.63) is 86.8 Å². The molecule has 1 N–H and O–H groups in total. The summed E-state index contributed by atoms with van der Waals surface area (Å²) in [6, 6.07) is 17.6. The first-order chi connectivity index (χ1) is 15.5. The molecule has 0 bridgehead atoms. The number of nitrogens with one attached hydrogen (secondary N) is 1. The minimum absolute atomic E-state index is 0.0706. The summed E-state index contributed by atoms with van der Waals surface area (Å²) in [5.41, 5.74) is 4.32. The average Bonchev–Trinajstić information content (AvgIpc) is 3.09. The van der Waals surface area contributed by atoms with Crippen LogP contribution in [0.4, 0.5) is 5.00 Å². The zero-order valence-electron chi connectivity index (χ0n) is 18.9. The molecule has 2 aromatic carbocycles. The van der Waals surface area contributed by atoms with Gasteiger partial charge in [0.05, 0.1) is 6.04 Å². The molecular weight excluding hydrogens is 438 g/mol. The van der Waals surface area contributed by atoms with Crippen molar-refractivity contribution in [3.8, 4) is 0 Å². The van der Waals surface area contributed by atoms with Gasteiger partial charge in [-0.3, -0.25) is 9.69 Å². The van der Waals surface area contributed by atoms with Crippen LogP contribution in [-0.4, -0.2) is 48.4 Å². The second-order valence-corrected chi connectivity index (χ2v) is 9.93. The summed E-state index contributed by atoms with van der Waals surface area (Å²) in [7, 11) is 0. The predicted molar refractivity (Wildman–Crippen MR) is 135 cm³/mol. The van der Waals surface area contributed by atoms with Crippen LogP contribution in [0.25, 0.3) is 0 Å². The van der Waals surface area contributed by atoms with Gasteiger partial charge in [-0.2, -0.15) is 0 Å². The largest absolute Gasteiger partial charge is 0.313 e. The third-order valence-electron chi connectivity index (χ3n) is 6.37. The SMILES string of the molecule is CCN1CCN(C(c2ccc(Cl)cc2)c2c(NC(=O)c3ccccc3)sc(C)c2C)CC1. The van der Waals surface area contributed by atoms with E-state index in [1.807, 2.05) is 42.5 Å². The Labute approximate surface area is 199 Å². The molecule has 4 rings (SSSR count). The highest BCUT2D eigenvalue weighted by Crippen LogP contribution is 2.42. The van der Waals surface area contributed by atoms with Gasteiger partial charge in [0.25, 0.3) is 5.91 Å². The van der Waals surface area contributed by atoms with Gasteiger partial charge in [0.1, 0.15) is 5.00 Å². The molecule has 1 saturated heterocycles. The number of halogens is 1. The zero-order valence-corrected chi connectivity index (χ0v) is 20.5. The lowest BCUT2D eigenvalue weighted by atomic mass is 9.94. The highest BCUT2D eigenvalue weighted by molar-refractivity contribution is 7.16. The molecule has 0 aliphatic carbocycles. The highest BCUT2D eigenvalue weighted by Gasteiger charge is 2.31. The number of benzene rings is 2. The molecule has 1 aliphatic rings. The van der Waals surface area contributed by atoms with Gasteiger partial charge in [-0.25, -0.2) is 0 Å². The summed E-state index contributed by atoms with van der Waals surface area (Å²) in [6.07, 6.45) is 0. The molecule has 1 amide bonds. The Morgan fingerprint density at radius 3 is 2.31 bits per heavy atom. The van der Waals surface area contributed by atoms with Gasteiger partial charge in [-0.15, -0.1) is 11.3 Å². The summed E-state index contributed by atoms with van der Waals surface area (Å²) < 4.78 is 0. The first-order valence-corrected chi connectivity index (χ1v) is 12.4. The highest BCUT2D eigenvalue weighted by atomic mass is 35.5. The van der Waals surface area contributed by atoms with Crippen LogP contribution in [0.2, 0.25) is 5.02 Å². The number of amides is 1. The summed E-state index contributed by atoms with van der Waals surface area (Å²) in [4.78, 5) is 19.3. The summed E-state index contributed by atoms with van der Waals surface area (Å²) >= 11 is 7.88. The lowest BCUT2D eigenvalue weighted by Gasteiger charge is -2.39. The number of rotatable bonds is 6. The number of thiophene rings is 1. The number of hydrogen-bond donors (Lipinski definition) is 1. The minimum atomic E-state index is -0.0706. The van der Waals surface area contributed by atoms with Crippen molar-refractivity contribution in [1.29, 1.82) is 0 Å². The molecule has 6 heteroatoms. The number of piperazine rings is 1. The number of aryl methyl sites for hydroxylation is 1. The van der Waals surface area contributed by atoms with E-state index in [4.69, 9.17) is 11.6 Å². The third kappa shape index (κ3) is 4.91. The minimum Gasteiger partial charge on any atom is -0.313 e. The summed E-state index contributed by atoms with van der Waals surface area (Å²) in [6.45, 7) is 11.7. The number of carbonyl (C=O) groups is 1. The quantitative estimate of drug-likeness (QED) is 0.483. The van der Waals surface area contributed by atoms with Gasteiger partial charge in [-0.05, 0) is 55.8 Å². The monoisotopic (exact) mass is 467 g/mol. The fraction of sp³-hybridized carbons (Fsp3) is 0.346. The maximum Gasteiger partial charge on any atom is 0.256 e. The van der Waals surface area contributed by atoms with Crippen LogP contribution in [0.15, 0.2) is 54.6 Å². The molecule has 0 spiro atoms. The molecule has 3 aromatic rings. The fourth-order valence-electron chi connectivity index (χ4n) is 4.37. The van der Waals surface area contributed by atoms with E-state index in [1.165, 1.54) is 21.6 Å². The smallest absolute Gasteiger partial charge is 0.256 e. The van der Waals surface area contributed by atoms with Crippen LogP contribution < -0.4 is 5.32 Å². The van der Waals surface area contributed by atoms with Crippen molar-refractivity contribution in [2.45, 2.75) is 26.8 Å². The van der Waals surface area contributed by atoms with Gasteiger partial charge in [0.15, 0.2) is 0 Å². The van der Waals surface area contributed by atoms with E-state index in [1.54, 1.807) is 11.3 Å². The van der Waals surface area contributed by atoms with Crippen LogP contribution in [0, 0.1) is 13.8 Å². The first kappa shape index (κ1) is 23.0. The Morgan fingerprint density at radius 1 is 1.03 bits per heavy atom. The molecule has 0 saturated carbocycles. The summed E-state index contributed by atoms with van der Waals surface area (Å²) in [5.74, 6) is -0.0706. The van der Waals surface area contributed by atoms with Crippen molar-refractivity contribution >= 4 is 33.8 Å². The lowest BCUT2D eigenvalue weighted by Crippen LogP contribution is -2.47. The van der Waals surface area contributed by atoms with Crippen molar-refractivity contribution in [2.24, 2.45) is 0 Å². The van der Waals surface area contributed by atoms with E-state index in [-0.39, 0.29) is 11.9 Å². The van der Waals surface area contributed by atoms with Crippen molar-refractivity contribution in [3.63, 3.8) is 0 Å². The number of hydrogen-bond acceptors (Lipinski definition) is 4. The zero-order chi connectivity index (χ0) is 22.7. The van der Waals surface area contributed by atoms with E-state index >= 15 is 0 Å². The Hall–Kier alpha value is -2.18. The van der Waals surface area contributed by atoms with Gasteiger partial charge in [0.2, 0.25) is 0 Å². The van der Waals surface area contributed by atoms with Gasteiger partial charge in [0, 0.05) is 47.2 Å². The first-order valence-electron chi connectivity index (χ1n) is 11.2. The molecule has 0 radical (unpaired) electrons. The Morgan fingerprint density at radius 2 is 1.69 bits per heavy atom. The van der Waals surface area contributed by atoms with Crippen molar-refractivity contribution in [1.82, 2.24) is 9.80 Å². The van der Waals surface area contributed by atoms with Crippen LogP contribution >= 0.6 is 22.9 Å². The van der Waals surface area contributed by atoms with E-state index < -0.39 is 0 Å². The van der Waals surface area contributed by atoms with E-state index in [0.717, 1.165) is 42.7 Å². The maximum atomic E-state index is 13.0. The molecule has 1 atom stereocenters. The van der Waals surface area contributed by atoms with Gasteiger partial charge in [-0.1, -0.05) is 48.9 Å². The lowest BCUT2D eigenvalue weighted by molar-refractivity contribution is 0.102. The standard InChI is InChI=1S/C26H30ClN3OS/c1-4-29-14-16-30(17-15-29)24(20-10-12-22(27)13-11-20)23-18(2)19(3)32-26(23)28-25(31)21-8-6-5-7-9-21/h5-13,24H,4,14-17H2,1-3H3,(H,28,31). The average molecular weight is 468 g/mol. The Kier molecular flexibility index (Phi) is 7.31. The van der Waals surface area contributed by atoms with Crippen LogP contribution in [0.5, 0.6) is 0 Å². The van der Waals surface area contributed by atoms with E-state index in [0.29, 0.717) is 5.56 Å². The van der Waals surface area contributed by atoms with E-state index in [2.05, 4.69) is 48.0 Å². The molecule has 4 nitrogen and oxygen atoms in total. The second-order valence-electron chi connectivity index (χ2n) is 8.27. The molecule has 1 fully saturated rings. The topological polar surface area (TPSA) is 35.6 Å². The molecule has 168 valence electrons. The third-order valence-corrected chi connectivity index (χ3v) is 7.76. The fourth-order valence-corrected chi connectivity index (χ4v) is 5.59. The Bertz CT molecular complexity index is 1060. The van der Waals surface area contributed by atoms with Gasteiger partial charge >= 0.3 is 0 Å². The number of anilines is 1. The number of carbonyl (C=O) groups excluding carboxylic acids is 1. The van der Waals surface area contributed by atoms with Crippen molar-refractivity contribution in [2.75, 3.05) is 38.0 Å². The summed E-state index contributed by atoms with van der Waals surface area (Å²) in [5, 5.41) is 4.90. The normalized spacial score (nSPS) is 16.1. The number of nitrogens with zero attached hydrogens (tertiary/aromatic N) is 2. The molecule has 1 aliphatic heterocycles. The van der Waals surface area contributed by atoms with E-state index in [9.17, 15) is 4.79 Å². The number of likely N-dealkylation sites (N-methyl/N-ethyl adjacent to an activating group) is 1. The molecule has 1 aromatic heterocycles. The van der Waals surface area contributed by atoms with Crippen LogP contribution in [-0.2, 0) is 0 Å². The second kappa shape index (κ2) is 10.2.